The molecule has 0 aliphatic carbocycles. The van der Waals surface area contributed by atoms with Crippen molar-refractivity contribution in [3.8, 4) is 11.5 Å². The Morgan fingerprint density at radius 2 is 1.81 bits per heavy atom. The molecule has 0 aliphatic heterocycles. The van der Waals surface area contributed by atoms with Gasteiger partial charge < -0.3 is 25.2 Å². The molecule has 0 bridgehead atoms. The van der Waals surface area contributed by atoms with E-state index in [1.165, 1.54) is 7.11 Å². The van der Waals surface area contributed by atoms with Gasteiger partial charge in [0.15, 0.2) is 0 Å². The lowest BCUT2D eigenvalue weighted by molar-refractivity contribution is -0.139. The second kappa shape index (κ2) is 9.31. The Hall–Kier alpha value is -3.22. The van der Waals surface area contributed by atoms with Crippen molar-refractivity contribution in [3.05, 3.63) is 59.7 Å². The molecule has 0 saturated carbocycles. The molecule has 0 heterocycles. The molecular weight excluding hydrogens is 336 g/mol. The molecule has 1 unspecified atom stereocenters. The van der Waals surface area contributed by atoms with Gasteiger partial charge in [-0.1, -0.05) is 30.3 Å². The number of amides is 2. The normalized spacial score (nSPS) is 11.3. The van der Waals surface area contributed by atoms with E-state index in [0.29, 0.717) is 11.5 Å². The second-order valence-corrected chi connectivity index (χ2v) is 5.59. The SMILES string of the molecule is COc1ccc(CNC(=O)NC(Cc2ccccc2)C(=O)O)c(OC)c1. The summed E-state index contributed by atoms with van der Waals surface area (Å²) in [5.74, 6) is 0.124. The summed E-state index contributed by atoms with van der Waals surface area (Å²) in [7, 11) is 3.08. The van der Waals surface area contributed by atoms with Gasteiger partial charge in [0.2, 0.25) is 0 Å². The van der Waals surface area contributed by atoms with Crippen molar-refractivity contribution in [2.24, 2.45) is 0 Å². The highest BCUT2D eigenvalue weighted by Crippen LogP contribution is 2.24. The van der Waals surface area contributed by atoms with E-state index < -0.39 is 18.0 Å². The van der Waals surface area contributed by atoms with Gasteiger partial charge in [0, 0.05) is 24.6 Å². The number of nitrogens with one attached hydrogen (secondary N) is 2. The topological polar surface area (TPSA) is 96.9 Å². The lowest BCUT2D eigenvalue weighted by Gasteiger charge is -2.16. The third-order valence-corrected chi connectivity index (χ3v) is 3.82. The molecular formula is C19H22N2O5. The van der Waals surface area contributed by atoms with Crippen LogP contribution < -0.4 is 20.1 Å². The summed E-state index contributed by atoms with van der Waals surface area (Å²) in [5, 5.41) is 14.5. The number of urea groups is 1. The number of benzene rings is 2. The maximum Gasteiger partial charge on any atom is 0.326 e. The van der Waals surface area contributed by atoms with Crippen LogP contribution in [0.4, 0.5) is 4.79 Å². The smallest absolute Gasteiger partial charge is 0.326 e. The summed E-state index contributed by atoms with van der Waals surface area (Å²) in [6.45, 7) is 0.191. The quantitative estimate of drug-likeness (QED) is 0.672. The van der Waals surface area contributed by atoms with Crippen molar-refractivity contribution < 1.29 is 24.2 Å². The van der Waals surface area contributed by atoms with Crippen molar-refractivity contribution in [1.29, 1.82) is 0 Å². The molecule has 0 spiro atoms. The Labute approximate surface area is 151 Å². The Bertz CT molecular complexity index is 749. The van der Waals surface area contributed by atoms with E-state index in [4.69, 9.17) is 9.47 Å². The zero-order valence-corrected chi connectivity index (χ0v) is 14.7. The summed E-state index contributed by atoms with van der Waals surface area (Å²) in [4.78, 5) is 23.5. The summed E-state index contributed by atoms with van der Waals surface area (Å²) in [5.41, 5.74) is 1.58. The summed E-state index contributed by atoms with van der Waals surface area (Å²) >= 11 is 0. The number of hydrogen-bond donors (Lipinski definition) is 3. The van der Waals surface area contributed by atoms with Gasteiger partial charge in [-0.25, -0.2) is 9.59 Å². The molecule has 0 aliphatic rings. The zero-order chi connectivity index (χ0) is 18.9. The standard InChI is InChI=1S/C19H22N2O5/c1-25-15-9-8-14(17(11-15)26-2)12-20-19(24)21-16(18(22)23)10-13-6-4-3-5-7-13/h3-9,11,16H,10,12H2,1-2H3,(H,22,23)(H2,20,21,24). The molecule has 0 aromatic heterocycles. The van der Waals surface area contributed by atoms with Crippen LogP contribution in [-0.4, -0.2) is 37.4 Å². The van der Waals surface area contributed by atoms with Crippen LogP contribution in [0.1, 0.15) is 11.1 Å². The van der Waals surface area contributed by atoms with E-state index in [1.54, 1.807) is 25.3 Å². The van der Waals surface area contributed by atoms with Crippen LogP contribution in [0.5, 0.6) is 11.5 Å². The maximum atomic E-state index is 12.1. The number of carbonyl (C=O) groups is 2. The Morgan fingerprint density at radius 3 is 2.42 bits per heavy atom. The first-order chi connectivity index (χ1) is 12.5. The molecule has 1 atom stereocenters. The first-order valence-corrected chi connectivity index (χ1v) is 8.05. The fourth-order valence-corrected chi connectivity index (χ4v) is 2.43. The maximum absolute atomic E-state index is 12.1. The van der Waals surface area contributed by atoms with Crippen LogP contribution in [0.15, 0.2) is 48.5 Å². The number of hydrogen-bond acceptors (Lipinski definition) is 4. The fraction of sp³-hybridized carbons (Fsp3) is 0.263. The summed E-state index contributed by atoms with van der Waals surface area (Å²) < 4.78 is 10.4. The molecule has 26 heavy (non-hydrogen) atoms. The molecule has 2 aromatic carbocycles. The number of carbonyl (C=O) groups excluding carboxylic acids is 1. The minimum absolute atomic E-state index is 0.191. The number of carboxylic acids is 1. The van der Waals surface area contributed by atoms with Crippen molar-refractivity contribution in [2.75, 3.05) is 14.2 Å². The average molecular weight is 358 g/mol. The van der Waals surface area contributed by atoms with Crippen LogP contribution in [-0.2, 0) is 17.8 Å². The molecule has 138 valence electrons. The Balaban J connectivity index is 1.95. The van der Waals surface area contributed by atoms with E-state index in [1.807, 2.05) is 30.3 Å². The molecule has 0 saturated heterocycles. The van der Waals surface area contributed by atoms with Crippen LogP contribution in [0.2, 0.25) is 0 Å². The number of ether oxygens (including phenoxy) is 2. The monoisotopic (exact) mass is 358 g/mol. The third-order valence-electron chi connectivity index (χ3n) is 3.82. The molecule has 7 nitrogen and oxygen atoms in total. The number of aliphatic carboxylic acids is 1. The van der Waals surface area contributed by atoms with Gasteiger partial charge in [0.05, 0.1) is 14.2 Å². The lowest BCUT2D eigenvalue weighted by Crippen LogP contribution is -2.46. The van der Waals surface area contributed by atoms with Gasteiger partial charge in [0.25, 0.3) is 0 Å². The summed E-state index contributed by atoms with van der Waals surface area (Å²) in [6.07, 6.45) is 0.204. The lowest BCUT2D eigenvalue weighted by atomic mass is 10.1. The average Bonchev–Trinajstić information content (AvgIpc) is 2.66. The Morgan fingerprint density at radius 1 is 1.08 bits per heavy atom. The minimum atomic E-state index is -1.09. The van der Waals surface area contributed by atoms with Crippen LogP contribution in [0.25, 0.3) is 0 Å². The number of rotatable bonds is 8. The van der Waals surface area contributed by atoms with Gasteiger partial charge in [-0.3, -0.25) is 0 Å². The van der Waals surface area contributed by atoms with Crippen molar-refractivity contribution in [3.63, 3.8) is 0 Å². The van der Waals surface area contributed by atoms with Crippen molar-refractivity contribution in [1.82, 2.24) is 10.6 Å². The minimum Gasteiger partial charge on any atom is -0.497 e. The zero-order valence-electron chi connectivity index (χ0n) is 14.7. The summed E-state index contributed by atoms with van der Waals surface area (Å²) in [6, 6.07) is 12.8. The molecule has 2 rings (SSSR count). The van der Waals surface area contributed by atoms with Crippen LogP contribution in [0.3, 0.4) is 0 Å². The van der Waals surface area contributed by atoms with Crippen molar-refractivity contribution >= 4 is 12.0 Å². The van der Waals surface area contributed by atoms with Gasteiger partial charge in [-0.15, -0.1) is 0 Å². The van der Waals surface area contributed by atoms with Gasteiger partial charge in [-0.05, 0) is 17.7 Å². The van der Waals surface area contributed by atoms with Crippen LogP contribution in [0, 0.1) is 0 Å². The highest BCUT2D eigenvalue weighted by atomic mass is 16.5. The molecule has 2 amide bonds. The van der Waals surface area contributed by atoms with E-state index in [-0.39, 0.29) is 13.0 Å². The molecule has 0 radical (unpaired) electrons. The highest BCUT2D eigenvalue weighted by molar-refractivity contribution is 5.82. The van der Waals surface area contributed by atoms with E-state index in [9.17, 15) is 14.7 Å². The van der Waals surface area contributed by atoms with E-state index in [0.717, 1.165) is 11.1 Å². The van der Waals surface area contributed by atoms with E-state index in [2.05, 4.69) is 10.6 Å². The number of methoxy groups -OCH3 is 2. The molecule has 3 N–H and O–H groups in total. The predicted octanol–water partition coefficient (Wildman–Crippen LogP) is 2.20. The first-order valence-electron chi connectivity index (χ1n) is 8.05. The van der Waals surface area contributed by atoms with Crippen molar-refractivity contribution in [2.45, 2.75) is 19.0 Å². The fourth-order valence-electron chi connectivity index (χ4n) is 2.43. The van der Waals surface area contributed by atoms with Gasteiger partial charge in [-0.2, -0.15) is 0 Å². The largest absolute Gasteiger partial charge is 0.497 e. The second-order valence-electron chi connectivity index (χ2n) is 5.59. The van der Waals surface area contributed by atoms with Crippen LogP contribution >= 0.6 is 0 Å². The van der Waals surface area contributed by atoms with Gasteiger partial charge in [0.1, 0.15) is 17.5 Å². The third kappa shape index (κ3) is 5.41. The molecule has 0 fully saturated rings. The van der Waals surface area contributed by atoms with Gasteiger partial charge >= 0.3 is 12.0 Å². The highest BCUT2D eigenvalue weighted by Gasteiger charge is 2.20. The Kier molecular flexibility index (Phi) is 6.84. The molecule has 7 heteroatoms. The number of carboxylic acid groups (broad SMARTS) is 1. The predicted molar refractivity (Wildman–Crippen MR) is 96.5 cm³/mol. The van der Waals surface area contributed by atoms with E-state index >= 15 is 0 Å². The first kappa shape index (κ1) is 19.1. The molecule has 2 aromatic rings.